The van der Waals surface area contributed by atoms with Crippen molar-refractivity contribution in [1.82, 2.24) is 10.3 Å². The van der Waals surface area contributed by atoms with Crippen molar-refractivity contribution in [2.45, 2.75) is 65.7 Å². The Balaban J connectivity index is 2.09. The van der Waals surface area contributed by atoms with Gasteiger partial charge in [-0.3, -0.25) is 9.59 Å². The highest BCUT2D eigenvalue weighted by molar-refractivity contribution is 6.32. The number of benzene rings is 1. The highest BCUT2D eigenvalue weighted by Crippen LogP contribution is 2.30. The van der Waals surface area contributed by atoms with E-state index in [-0.39, 0.29) is 17.2 Å². The first-order valence-corrected chi connectivity index (χ1v) is 11.6. The molecule has 0 saturated carbocycles. The first-order chi connectivity index (χ1) is 16.6. The van der Waals surface area contributed by atoms with Gasteiger partial charge >= 0.3 is 11.9 Å². The Bertz CT molecular complexity index is 1060. The summed E-state index contributed by atoms with van der Waals surface area (Å²) in [5, 5.41) is 2.99. The largest absolute Gasteiger partial charge is 0.493 e. The number of nitrogens with one attached hydrogen (secondary N) is 1. The Labute approximate surface area is 210 Å². The minimum Gasteiger partial charge on any atom is -0.493 e. The van der Waals surface area contributed by atoms with Gasteiger partial charge < -0.3 is 24.3 Å². The van der Waals surface area contributed by atoms with E-state index in [1.807, 2.05) is 19.9 Å². The Morgan fingerprint density at radius 2 is 1.86 bits per heavy atom. The van der Waals surface area contributed by atoms with Gasteiger partial charge in [-0.1, -0.05) is 31.0 Å². The molecule has 1 amide bonds. The number of halogens is 1. The molecular formula is C25H31ClN2O7. The number of methoxy groups -OCH3 is 1. The molecule has 0 aliphatic heterocycles. The maximum atomic E-state index is 12.8. The highest BCUT2D eigenvalue weighted by atomic mass is 35.5. The molecule has 0 unspecified atom stereocenters. The fourth-order valence-corrected chi connectivity index (χ4v) is 3.50. The second kappa shape index (κ2) is 12.9. The van der Waals surface area contributed by atoms with E-state index in [4.69, 9.17) is 30.5 Å². The van der Waals surface area contributed by atoms with Crippen LogP contribution in [0.2, 0.25) is 5.02 Å². The van der Waals surface area contributed by atoms with Crippen LogP contribution in [-0.4, -0.2) is 48.2 Å². The summed E-state index contributed by atoms with van der Waals surface area (Å²) in [5.41, 5.74) is 0.800. The van der Waals surface area contributed by atoms with Crippen molar-refractivity contribution >= 4 is 29.4 Å². The number of aromatic nitrogens is 1. The summed E-state index contributed by atoms with van der Waals surface area (Å²) in [6.07, 6.45) is 1.68. The van der Waals surface area contributed by atoms with E-state index in [1.54, 1.807) is 19.1 Å². The van der Waals surface area contributed by atoms with Gasteiger partial charge in [0.2, 0.25) is 5.75 Å². The topological polar surface area (TPSA) is 113 Å². The Kier molecular flexibility index (Phi) is 10.3. The van der Waals surface area contributed by atoms with Crippen LogP contribution in [0.3, 0.4) is 0 Å². The number of carbonyl (C=O) groups excluding carboxylic acids is 3. The molecule has 1 aromatic heterocycles. The van der Waals surface area contributed by atoms with E-state index < -0.39 is 36.1 Å². The quantitative estimate of drug-likeness (QED) is 0.449. The van der Waals surface area contributed by atoms with Gasteiger partial charge in [0.15, 0.2) is 11.4 Å². The second-order valence-corrected chi connectivity index (χ2v) is 8.41. The second-order valence-electron chi connectivity index (χ2n) is 8.00. The average Bonchev–Trinajstić information content (AvgIpc) is 2.79. The normalized spacial score (nSPS) is 13.2. The summed E-state index contributed by atoms with van der Waals surface area (Å²) in [6, 6.07) is 5.88. The molecule has 190 valence electrons. The Morgan fingerprint density at radius 3 is 2.46 bits per heavy atom. The summed E-state index contributed by atoms with van der Waals surface area (Å²) >= 11 is 6.29. The maximum absolute atomic E-state index is 12.8. The third-order valence-corrected chi connectivity index (χ3v) is 5.31. The van der Waals surface area contributed by atoms with Crippen molar-refractivity contribution in [1.29, 1.82) is 0 Å². The molecule has 1 heterocycles. The molecular weight excluding hydrogens is 476 g/mol. The number of pyridine rings is 1. The van der Waals surface area contributed by atoms with Crippen molar-refractivity contribution in [2.75, 3.05) is 7.11 Å². The van der Waals surface area contributed by atoms with Gasteiger partial charge in [-0.05, 0) is 44.9 Å². The lowest BCUT2D eigenvalue weighted by atomic mass is 10.1. The molecule has 10 heteroatoms. The van der Waals surface area contributed by atoms with E-state index in [0.717, 1.165) is 12.0 Å². The predicted molar refractivity (Wildman–Crippen MR) is 130 cm³/mol. The molecule has 0 fully saturated rings. The fourth-order valence-electron chi connectivity index (χ4n) is 3.22. The van der Waals surface area contributed by atoms with Crippen LogP contribution in [0.1, 0.15) is 56.6 Å². The zero-order valence-corrected chi connectivity index (χ0v) is 21.5. The van der Waals surface area contributed by atoms with Gasteiger partial charge in [-0.25, -0.2) is 9.78 Å². The molecule has 2 rings (SSSR count). The number of carbonyl (C=O) groups is 3. The number of aryl methyl sites for hydroxylation is 1. The summed E-state index contributed by atoms with van der Waals surface area (Å²) < 4.78 is 21.9. The Hall–Kier alpha value is -3.33. The van der Waals surface area contributed by atoms with E-state index in [0.29, 0.717) is 17.2 Å². The van der Waals surface area contributed by atoms with E-state index in [2.05, 4.69) is 10.3 Å². The number of esters is 2. The van der Waals surface area contributed by atoms with Gasteiger partial charge in [0.25, 0.3) is 5.91 Å². The smallest absolute Gasteiger partial charge is 0.328 e. The number of rotatable bonds is 11. The van der Waals surface area contributed by atoms with Crippen LogP contribution < -0.4 is 19.5 Å². The number of hydrogen-bond donors (Lipinski definition) is 1. The maximum Gasteiger partial charge on any atom is 0.328 e. The molecule has 0 aliphatic carbocycles. The molecule has 0 radical (unpaired) electrons. The summed E-state index contributed by atoms with van der Waals surface area (Å²) in [7, 11) is 1.37. The van der Waals surface area contributed by atoms with Crippen molar-refractivity contribution in [3.63, 3.8) is 0 Å². The third kappa shape index (κ3) is 7.85. The lowest BCUT2D eigenvalue weighted by Gasteiger charge is -2.26. The van der Waals surface area contributed by atoms with E-state index in [1.165, 1.54) is 33.2 Å². The molecule has 2 aromatic rings. The standard InChI is InChI=1S/C25H31ClN2O7/c1-7-8-19(35-20-10-9-14(2)13-18(20)26)16(4)33-25(31)15(3)28-24(30)22-23(34-17(5)29)21(32-6)11-12-27-22/h9-13,15-16,19H,7-8H2,1-6H3,(H,28,30)/t15-,16-,19+/m0/s1. The van der Waals surface area contributed by atoms with Crippen LogP contribution in [0, 0.1) is 6.92 Å². The predicted octanol–water partition coefficient (Wildman–Crippen LogP) is 4.28. The molecule has 3 atom stereocenters. The SMILES string of the molecule is CCC[C@@H](Oc1ccc(C)cc1Cl)[C@H](C)OC(=O)[C@H](C)NC(=O)c1nccc(OC)c1OC(C)=O. The van der Waals surface area contributed by atoms with Gasteiger partial charge in [0.1, 0.15) is 24.0 Å². The van der Waals surface area contributed by atoms with Crippen molar-refractivity contribution in [3.8, 4) is 17.2 Å². The fraction of sp³-hybridized carbons (Fsp3) is 0.440. The van der Waals surface area contributed by atoms with Crippen molar-refractivity contribution in [2.24, 2.45) is 0 Å². The zero-order valence-electron chi connectivity index (χ0n) is 20.7. The van der Waals surface area contributed by atoms with E-state index in [9.17, 15) is 14.4 Å². The van der Waals surface area contributed by atoms with Gasteiger partial charge in [0.05, 0.1) is 12.1 Å². The lowest BCUT2D eigenvalue weighted by Crippen LogP contribution is -2.43. The molecule has 0 aliphatic rings. The molecule has 1 N–H and O–H groups in total. The summed E-state index contributed by atoms with van der Waals surface area (Å²) in [4.78, 5) is 41.0. The van der Waals surface area contributed by atoms with Crippen LogP contribution in [0.25, 0.3) is 0 Å². The summed E-state index contributed by atoms with van der Waals surface area (Å²) in [5.74, 6) is -1.53. The van der Waals surface area contributed by atoms with Crippen LogP contribution in [0.4, 0.5) is 0 Å². The Morgan fingerprint density at radius 1 is 1.14 bits per heavy atom. The van der Waals surface area contributed by atoms with Gasteiger partial charge in [-0.2, -0.15) is 0 Å². The number of nitrogens with zero attached hydrogens (tertiary/aromatic N) is 1. The van der Waals surface area contributed by atoms with Crippen LogP contribution >= 0.6 is 11.6 Å². The lowest BCUT2D eigenvalue weighted by molar-refractivity contribution is -0.154. The molecule has 35 heavy (non-hydrogen) atoms. The van der Waals surface area contributed by atoms with Gasteiger partial charge in [0, 0.05) is 19.2 Å². The number of ether oxygens (including phenoxy) is 4. The van der Waals surface area contributed by atoms with Crippen LogP contribution in [-0.2, 0) is 14.3 Å². The number of hydrogen-bond acceptors (Lipinski definition) is 8. The van der Waals surface area contributed by atoms with E-state index >= 15 is 0 Å². The average molecular weight is 507 g/mol. The molecule has 9 nitrogen and oxygen atoms in total. The minimum atomic E-state index is -1.02. The summed E-state index contributed by atoms with van der Waals surface area (Å²) in [6.45, 7) is 8.30. The van der Waals surface area contributed by atoms with Crippen molar-refractivity contribution in [3.05, 3.63) is 46.7 Å². The zero-order chi connectivity index (χ0) is 26.1. The van der Waals surface area contributed by atoms with Gasteiger partial charge in [-0.15, -0.1) is 0 Å². The molecule has 0 bridgehead atoms. The van der Waals surface area contributed by atoms with Crippen LogP contribution in [0.15, 0.2) is 30.5 Å². The highest BCUT2D eigenvalue weighted by Gasteiger charge is 2.28. The monoisotopic (exact) mass is 506 g/mol. The molecule has 0 saturated heterocycles. The molecule has 0 spiro atoms. The van der Waals surface area contributed by atoms with Crippen molar-refractivity contribution < 1.29 is 33.3 Å². The third-order valence-electron chi connectivity index (χ3n) is 5.01. The number of amides is 1. The molecule has 1 aromatic carbocycles. The van der Waals surface area contributed by atoms with Crippen LogP contribution in [0.5, 0.6) is 17.2 Å². The first-order valence-electron chi connectivity index (χ1n) is 11.2. The first kappa shape index (κ1) is 27.9. The minimum absolute atomic E-state index is 0.139.